The number of aliphatic hydroxyl groups excluding tert-OH is 1. The van der Waals surface area contributed by atoms with Crippen molar-refractivity contribution in [2.24, 2.45) is 11.8 Å². The molecule has 4 nitrogen and oxygen atoms in total. The summed E-state index contributed by atoms with van der Waals surface area (Å²) in [6, 6.07) is 8.19. The number of nitrogens with one attached hydrogen (secondary N) is 1. The molecule has 108 valence electrons. The molecule has 0 aliphatic carbocycles. The first-order valence-electron chi connectivity index (χ1n) is 7.44. The molecule has 0 radical (unpaired) electrons. The summed E-state index contributed by atoms with van der Waals surface area (Å²) in [6.07, 6.45) is 1.41. The van der Waals surface area contributed by atoms with Crippen LogP contribution in [0, 0.1) is 11.8 Å². The number of amides is 1. The molecule has 1 aromatic carbocycles. The van der Waals surface area contributed by atoms with Gasteiger partial charge in [0, 0.05) is 31.2 Å². The highest BCUT2D eigenvalue weighted by molar-refractivity contribution is 5.81. The second-order valence-corrected chi connectivity index (χ2v) is 6.01. The summed E-state index contributed by atoms with van der Waals surface area (Å²) in [7, 11) is 0. The van der Waals surface area contributed by atoms with Gasteiger partial charge in [-0.2, -0.15) is 0 Å². The zero-order valence-corrected chi connectivity index (χ0v) is 11.9. The summed E-state index contributed by atoms with van der Waals surface area (Å²) in [6.45, 7) is 4.02. The summed E-state index contributed by atoms with van der Waals surface area (Å²) in [4.78, 5) is 14.5. The smallest absolute Gasteiger partial charge is 0.227 e. The first-order valence-corrected chi connectivity index (χ1v) is 7.44. The standard InChI is InChI=1S/C16H22N2O2/c1-11(19)13-6-7-18(10-13)16(20)14-8-12-4-2-3-5-15(12)17-9-14/h2-5,11,13-14,17,19H,6-10H2,1H3. The molecule has 3 rings (SSSR count). The molecule has 1 fully saturated rings. The minimum atomic E-state index is -0.321. The van der Waals surface area contributed by atoms with Crippen LogP contribution < -0.4 is 5.32 Å². The van der Waals surface area contributed by atoms with E-state index in [-0.39, 0.29) is 23.8 Å². The van der Waals surface area contributed by atoms with Gasteiger partial charge in [0.05, 0.1) is 12.0 Å². The summed E-state index contributed by atoms with van der Waals surface area (Å²) < 4.78 is 0. The van der Waals surface area contributed by atoms with E-state index < -0.39 is 0 Å². The molecule has 1 amide bonds. The zero-order chi connectivity index (χ0) is 14.1. The van der Waals surface area contributed by atoms with E-state index in [1.165, 1.54) is 5.56 Å². The Bertz CT molecular complexity index is 501. The number of nitrogens with zero attached hydrogens (tertiary/aromatic N) is 1. The zero-order valence-electron chi connectivity index (χ0n) is 11.9. The number of hydrogen-bond acceptors (Lipinski definition) is 3. The molecule has 2 aliphatic rings. The number of benzene rings is 1. The van der Waals surface area contributed by atoms with E-state index in [1.807, 2.05) is 24.0 Å². The van der Waals surface area contributed by atoms with Crippen molar-refractivity contribution in [1.29, 1.82) is 0 Å². The molecule has 20 heavy (non-hydrogen) atoms. The topological polar surface area (TPSA) is 52.6 Å². The Labute approximate surface area is 119 Å². The van der Waals surface area contributed by atoms with E-state index >= 15 is 0 Å². The number of likely N-dealkylation sites (tertiary alicyclic amines) is 1. The lowest BCUT2D eigenvalue weighted by molar-refractivity contribution is -0.134. The highest BCUT2D eigenvalue weighted by Crippen LogP contribution is 2.27. The van der Waals surface area contributed by atoms with E-state index in [0.717, 1.165) is 25.1 Å². The lowest BCUT2D eigenvalue weighted by Crippen LogP contribution is -2.40. The Morgan fingerprint density at radius 3 is 3.00 bits per heavy atom. The number of carbonyl (C=O) groups is 1. The van der Waals surface area contributed by atoms with Crippen molar-refractivity contribution in [2.45, 2.75) is 25.9 Å². The van der Waals surface area contributed by atoms with Crippen molar-refractivity contribution in [1.82, 2.24) is 4.90 Å². The predicted molar refractivity (Wildman–Crippen MR) is 78.5 cm³/mol. The van der Waals surface area contributed by atoms with Crippen molar-refractivity contribution >= 4 is 11.6 Å². The van der Waals surface area contributed by atoms with Crippen LogP contribution in [0.4, 0.5) is 5.69 Å². The van der Waals surface area contributed by atoms with Crippen molar-refractivity contribution < 1.29 is 9.90 Å². The van der Waals surface area contributed by atoms with Gasteiger partial charge in [0.25, 0.3) is 0 Å². The first-order chi connectivity index (χ1) is 9.65. The molecule has 2 N–H and O–H groups in total. The minimum absolute atomic E-state index is 0.0256. The molecular formula is C16H22N2O2. The Morgan fingerprint density at radius 1 is 1.45 bits per heavy atom. The van der Waals surface area contributed by atoms with Crippen LogP contribution in [0.5, 0.6) is 0 Å². The predicted octanol–water partition coefficient (Wildman–Crippen LogP) is 1.50. The van der Waals surface area contributed by atoms with E-state index in [4.69, 9.17) is 0 Å². The van der Waals surface area contributed by atoms with Gasteiger partial charge in [-0.3, -0.25) is 4.79 Å². The van der Waals surface area contributed by atoms with Crippen LogP contribution in [0.3, 0.4) is 0 Å². The number of rotatable bonds is 2. The van der Waals surface area contributed by atoms with Crippen LogP contribution in [0.2, 0.25) is 0 Å². The summed E-state index contributed by atoms with van der Waals surface area (Å²) in [5.41, 5.74) is 2.38. The van der Waals surface area contributed by atoms with Crippen LogP contribution >= 0.6 is 0 Å². The Hall–Kier alpha value is -1.55. The Morgan fingerprint density at radius 2 is 2.25 bits per heavy atom. The highest BCUT2D eigenvalue weighted by Gasteiger charge is 2.34. The third-order valence-electron chi connectivity index (χ3n) is 4.59. The fourth-order valence-corrected chi connectivity index (χ4v) is 3.26. The third kappa shape index (κ3) is 2.52. The van der Waals surface area contributed by atoms with Gasteiger partial charge in [-0.15, -0.1) is 0 Å². The molecule has 1 aromatic rings. The van der Waals surface area contributed by atoms with Crippen LogP contribution in [-0.4, -0.2) is 41.7 Å². The summed E-state index contributed by atoms with van der Waals surface area (Å²) in [5, 5.41) is 13.0. The van der Waals surface area contributed by atoms with Crippen molar-refractivity contribution in [3.8, 4) is 0 Å². The van der Waals surface area contributed by atoms with Crippen LogP contribution in [0.1, 0.15) is 18.9 Å². The third-order valence-corrected chi connectivity index (χ3v) is 4.59. The lowest BCUT2D eigenvalue weighted by atomic mass is 9.93. The number of anilines is 1. The molecule has 0 spiro atoms. The molecule has 3 atom stereocenters. The van der Waals surface area contributed by atoms with E-state index in [1.54, 1.807) is 0 Å². The molecule has 0 aromatic heterocycles. The van der Waals surface area contributed by atoms with Gasteiger partial charge in [-0.1, -0.05) is 18.2 Å². The maximum Gasteiger partial charge on any atom is 0.227 e. The molecular weight excluding hydrogens is 252 g/mol. The van der Waals surface area contributed by atoms with Crippen molar-refractivity contribution in [2.75, 3.05) is 25.0 Å². The highest BCUT2D eigenvalue weighted by atomic mass is 16.3. The van der Waals surface area contributed by atoms with Gasteiger partial charge in [0.2, 0.25) is 5.91 Å². The largest absolute Gasteiger partial charge is 0.393 e. The second kappa shape index (κ2) is 5.44. The SMILES string of the molecule is CC(O)C1CCN(C(=O)C2CNc3ccccc3C2)C1. The monoisotopic (exact) mass is 274 g/mol. The quantitative estimate of drug-likeness (QED) is 0.859. The van der Waals surface area contributed by atoms with E-state index in [0.29, 0.717) is 13.1 Å². The lowest BCUT2D eigenvalue weighted by Gasteiger charge is -2.29. The number of fused-ring (bicyclic) bond motifs is 1. The van der Waals surface area contributed by atoms with Crippen molar-refractivity contribution in [3.05, 3.63) is 29.8 Å². The van der Waals surface area contributed by atoms with Crippen LogP contribution in [0.15, 0.2) is 24.3 Å². The molecule has 0 saturated carbocycles. The number of carbonyl (C=O) groups excluding carboxylic acids is 1. The van der Waals surface area contributed by atoms with Crippen LogP contribution in [-0.2, 0) is 11.2 Å². The Balaban J connectivity index is 1.65. The number of para-hydroxylation sites is 1. The number of hydrogen-bond donors (Lipinski definition) is 2. The molecule has 4 heteroatoms. The fraction of sp³-hybridized carbons (Fsp3) is 0.562. The molecule has 2 heterocycles. The normalized spacial score (nSPS) is 26.8. The van der Waals surface area contributed by atoms with Gasteiger partial charge >= 0.3 is 0 Å². The minimum Gasteiger partial charge on any atom is -0.393 e. The van der Waals surface area contributed by atoms with Gasteiger partial charge < -0.3 is 15.3 Å². The van der Waals surface area contributed by atoms with Gasteiger partial charge in [-0.25, -0.2) is 0 Å². The average molecular weight is 274 g/mol. The first kappa shape index (κ1) is 13.4. The second-order valence-electron chi connectivity index (χ2n) is 6.01. The van der Waals surface area contributed by atoms with Gasteiger partial charge in [-0.05, 0) is 31.4 Å². The maximum atomic E-state index is 12.6. The van der Waals surface area contributed by atoms with Gasteiger partial charge in [0.1, 0.15) is 0 Å². The average Bonchev–Trinajstić information content (AvgIpc) is 2.96. The number of aliphatic hydroxyl groups is 1. The van der Waals surface area contributed by atoms with E-state index in [9.17, 15) is 9.90 Å². The van der Waals surface area contributed by atoms with E-state index in [2.05, 4.69) is 17.4 Å². The fourth-order valence-electron chi connectivity index (χ4n) is 3.26. The molecule has 3 unspecified atom stereocenters. The van der Waals surface area contributed by atoms with Gasteiger partial charge in [0.15, 0.2) is 0 Å². The maximum absolute atomic E-state index is 12.6. The summed E-state index contributed by atoms with van der Waals surface area (Å²) in [5.74, 6) is 0.496. The summed E-state index contributed by atoms with van der Waals surface area (Å²) >= 11 is 0. The molecule has 2 aliphatic heterocycles. The molecule has 1 saturated heterocycles. The van der Waals surface area contributed by atoms with Crippen LogP contribution in [0.25, 0.3) is 0 Å². The van der Waals surface area contributed by atoms with Crippen molar-refractivity contribution in [3.63, 3.8) is 0 Å². The molecule has 0 bridgehead atoms. The Kier molecular flexibility index (Phi) is 3.66.